The van der Waals surface area contributed by atoms with Gasteiger partial charge >= 0.3 is 0 Å². The van der Waals surface area contributed by atoms with Crippen LogP contribution in [0.5, 0.6) is 0 Å². The van der Waals surface area contributed by atoms with Crippen LogP contribution in [0.4, 0.5) is 11.4 Å². The Kier molecular flexibility index (Phi) is 2.99. The van der Waals surface area contributed by atoms with E-state index in [0.29, 0.717) is 22.5 Å². The number of benzene rings is 2. The molecule has 2 N–H and O–H groups in total. The van der Waals surface area contributed by atoms with Gasteiger partial charge in [-0.1, -0.05) is 12.1 Å². The van der Waals surface area contributed by atoms with Gasteiger partial charge in [-0.2, -0.15) is 0 Å². The van der Waals surface area contributed by atoms with Crippen molar-refractivity contribution in [2.75, 3.05) is 16.9 Å². The fraction of sp³-hybridized carbons (Fsp3) is 0.0667. The second-order valence-electron chi connectivity index (χ2n) is 4.42. The summed E-state index contributed by atoms with van der Waals surface area (Å²) < 4.78 is 0. The topological polar surface area (TPSA) is 63.4 Å². The van der Waals surface area contributed by atoms with Gasteiger partial charge in [0.2, 0.25) is 0 Å². The first kappa shape index (κ1) is 12.7. The average Bonchev–Trinajstić information content (AvgIpc) is 2.72. The third-order valence-corrected chi connectivity index (χ3v) is 3.98. The zero-order valence-corrected chi connectivity index (χ0v) is 11.6. The first-order chi connectivity index (χ1) is 9.63. The Balaban J connectivity index is 2.12. The van der Waals surface area contributed by atoms with Crippen molar-refractivity contribution in [3.8, 4) is 0 Å². The second kappa shape index (κ2) is 4.68. The summed E-state index contributed by atoms with van der Waals surface area (Å²) in [5.74, 6) is -0.683. The molecular formula is C15H12N2O2S. The van der Waals surface area contributed by atoms with E-state index in [1.54, 1.807) is 36.0 Å². The smallest absolute Gasteiger partial charge is 0.268 e. The van der Waals surface area contributed by atoms with Crippen molar-refractivity contribution in [2.45, 2.75) is 4.90 Å². The van der Waals surface area contributed by atoms with Crippen molar-refractivity contribution in [1.29, 1.82) is 0 Å². The Labute approximate surface area is 120 Å². The van der Waals surface area contributed by atoms with Gasteiger partial charge in [0.25, 0.3) is 11.8 Å². The fourth-order valence-corrected chi connectivity index (χ4v) is 2.75. The van der Waals surface area contributed by atoms with Gasteiger partial charge in [0.1, 0.15) is 0 Å². The Morgan fingerprint density at radius 2 is 1.80 bits per heavy atom. The van der Waals surface area contributed by atoms with E-state index in [4.69, 9.17) is 5.73 Å². The van der Waals surface area contributed by atoms with Crippen LogP contribution < -0.4 is 10.6 Å². The van der Waals surface area contributed by atoms with Gasteiger partial charge in [-0.15, -0.1) is 11.8 Å². The molecule has 100 valence electrons. The van der Waals surface area contributed by atoms with Crippen molar-refractivity contribution >= 4 is 35.0 Å². The molecule has 1 heterocycles. The van der Waals surface area contributed by atoms with Gasteiger partial charge in [-0.05, 0) is 36.6 Å². The van der Waals surface area contributed by atoms with Crippen LogP contribution in [-0.2, 0) is 0 Å². The van der Waals surface area contributed by atoms with Crippen molar-refractivity contribution in [3.05, 3.63) is 53.6 Å². The summed E-state index contributed by atoms with van der Waals surface area (Å²) in [6, 6.07) is 12.3. The highest BCUT2D eigenvalue weighted by Gasteiger charge is 2.38. The molecular weight excluding hydrogens is 272 g/mol. The predicted octanol–water partition coefficient (Wildman–Crippen LogP) is 2.79. The number of imide groups is 1. The summed E-state index contributed by atoms with van der Waals surface area (Å²) >= 11 is 1.56. The summed E-state index contributed by atoms with van der Waals surface area (Å²) in [5.41, 5.74) is 7.39. The van der Waals surface area contributed by atoms with Gasteiger partial charge in [0.15, 0.2) is 0 Å². The van der Waals surface area contributed by atoms with E-state index in [2.05, 4.69) is 0 Å². The number of anilines is 2. The standard InChI is InChI=1S/C15H12N2O2S/c1-20-10-5-2-4-9(8-10)17-14(18)11-6-3-7-12(16)13(11)15(17)19/h2-8H,16H2,1H3. The number of nitrogens with zero attached hydrogens (tertiary/aromatic N) is 1. The molecule has 0 bridgehead atoms. The van der Waals surface area contributed by atoms with Crippen LogP contribution in [0.1, 0.15) is 20.7 Å². The van der Waals surface area contributed by atoms with Crippen LogP contribution >= 0.6 is 11.8 Å². The van der Waals surface area contributed by atoms with Gasteiger partial charge in [0.05, 0.1) is 16.8 Å². The summed E-state index contributed by atoms with van der Waals surface area (Å²) in [4.78, 5) is 27.0. The molecule has 0 saturated carbocycles. The quantitative estimate of drug-likeness (QED) is 0.523. The second-order valence-corrected chi connectivity index (χ2v) is 5.30. The minimum absolute atomic E-state index is 0.298. The fourth-order valence-electron chi connectivity index (χ4n) is 2.30. The highest BCUT2D eigenvalue weighted by Crippen LogP contribution is 2.32. The van der Waals surface area contributed by atoms with Crippen molar-refractivity contribution in [1.82, 2.24) is 0 Å². The van der Waals surface area contributed by atoms with Gasteiger partial charge in [-0.25, -0.2) is 4.90 Å². The van der Waals surface area contributed by atoms with Gasteiger partial charge < -0.3 is 5.73 Å². The van der Waals surface area contributed by atoms with E-state index >= 15 is 0 Å². The maximum atomic E-state index is 12.4. The molecule has 1 aliphatic rings. The molecule has 0 aliphatic carbocycles. The first-order valence-electron chi connectivity index (χ1n) is 6.05. The SMILES string of the molecule is CSc1cccc(N2C(=O)c3cccc(N)c3C2=O)c1. The van der Waals surface area contributed by atoms with E-state index in [1.807, 2.05) is 24.5 Å². The van der Waals surface area contributed by atoms with E-state index in [1.165, 1.54) is 4.90 Å². The average molecular weight is 284 g/mol. The molecule has 0 radical (unpaired) electrons. The predicted molar refractivity (Wildman–Crippen MR) is 80.2 cm³/mol. The molecule has 0 spiro atoms. The number of hydrogen-bond acceptors (Lipinski definition) is 4. The molecule has 2 aromatic rings. The number of nitrogen functional groups attached to an aromatic ring is 1. The number of carbonyl (C=O) groups excluding carboxylic acids is 2. The molecule has 0 atom stereocenters. The number of thioether (sulfide) groups is 1. The van der Waals surface area contributed by atoms with Crippen LogP contribution in [-0.4, -0.2) is 18.1 Å². The molecule has 1 aliphatic heterocycles. The minimum Gasteiger partial charge on any atom is -0.398 e. The lowest BCUT2D eigenvalue weighted by Crippen LogP contribution is -2.29. The number of fused-ring (bicyclic) bond motifs is 1. The van der Waals surface area contributed by atoms with Crippen molar-refractivity contribution in [3.63, 3.8) is 0 Å². The van der Waals surface area contributed by atoms with Crippen LogP contribution in [0.15, 0.2) is 47.4 Å². The molecule has 0 fully saturated rings. The molecule has 0 saturated heterocycles. The van der Waals surface area contributed by atoms with Gasteiger partial charge in [0, 0.05) is 10.6 Å². The summed E-state index contributed by atoms with van der Waals surface area (Å²) in [5, 5.41) is 0. The third-order valence-electron chi connectivity index (χ3n) is 3.26. The Morgan fingerprint density at radius 1 is 1.05 bits per heavy atom. The number of nitrogens with two attached hydrogens (primary N) is 1. The number of hydrogen-bond donors (Lipinski definition) is 1. The van der Waals surface area contributed by atoms with E-state index < -0.39 is 0 Å². The van der Waals surface area contributed by atoms with Crippen LogP contribution in [0, 0.1) is 0 Å². The normalized spacial score (nSPS) is 13.8. The maximum absolute atomic E-state index is 12.4. The zero-order chi connectivity index (χ0) is 14.3. The zero-order valence-electron chi connectivity index (χ0n) is 10.8. The largest absolute Gasteiger partial charge is 0.398 e. The van der Waals surface area contributed by atoms with Crippen molar-refractivity contribution in [2.24, 2.45) is 0 Å². The Bertz CT molecular complexity index is 728. The number of amides is 2. The Morgan fingerprint density at radius 3 is 2.50 bits per heavy atom. The maximum Gasteiger partial charge on any atom is 0.268 e. The molecule has 4 nitrogen and oxygen atoms in total. The van der Waals surface area contributed by atoms with E-state index in [0.717, 1.165) is 4.90 Å². The van der Waals surface area contributed by atoms with Crippen LogP contribution in [0.2, 0.25) is 0 Å². The molecule has 0 aromatic heterocycles. The van der Waals surface area contributed by atoms with E-state index in [-0.39, 0.29) is 11.8 Å². The molecule has 5 heteroatoms. The van der Waals surface area contributed by atoms with E-state index in [9.17, 15) is 9.59 Å². The summed E-state index contributed by atoms with van der Waals surface area (Å²) in [6.07, 6.45) is 1.94. The first-order valence-corrected chi connectivity index (χ1v) is 7.27. The Hall–Kier alpha value is -2.27. The lowest BCUT2D eigenvalue weighted by atomic mass is 10.1. The van der Waals surface area contributed by atoms with Crippen molar-refractivity contribution < 1.29 is 9.59 Å². The third kappa shape index (κ3) is 1.78. The van der Waals surface area contributed by atoms with Crippen LogP contribution in [0.3, 0.4) is 0 Å². The monoisotopic (exact) mass is 284 g/mol. The minimum atomic E-state index is -0.360. The summed E-state index contributed by atoms with van der Waals surface area (Å²) in [6.45, 7) is 0. The molecule has 0 unspecified atom stereocenters. The lowest BCUT2D eigenvalue weighted by Gasteiger charge is -2.14. The molecule has 2 amide bonds. The van der Waals surface area contributed by atoms with Gasteiger partial charge in [-0.3, -0.25) is 9.59 Å². The highest BCUT2D eigenvalue weighted by atomic mass is 32.2. The number of carbonyl (C=O) groups is 2. The summed E-state index contributed by atoms with van der Waals surface area (Å²) in [7, 11) is 0. The number of rotatable bonds is 2. The lowest BCUT2D eigenvalue weighted by molar-refractivity contribution is 0.0926. The molecule has 3 rings (SSSR count). The van der Waals surface area contributed by atoms with Crippen LogP contribution in [0.25, 0.3) is 0 Å². The highest BCUT2D eigenvalue weighted by molar-refractivity contribution is 7.98. The molecule has 20 heavy (non-hydrogen) atoms. The molecule has 2 aromatic carbocycles.